The normalized spacial score (nSPS) is 11.6. The van der Waals surface area contributed by atoms with Gasteiger partial charge in [0.15, 0.2) is 17.5 Å². The van der Waals surface area contributed by atoms with Crippen molar-refractivity contribution in [3.63, 3.8) is 0 Å². The summed E-state index contributed by atoms with van der Waals surface area (Å²) in [5, 5.41) is 4.70. The Hall–Kier alpha value is -5.65. The smallest absolute Gasteiger partial charge is 0.165 e. The Morgan fingerprint density at radius 3 is 1.75 bits per heavy atom. The molecule has 9 aromatic rings. The minimum atomic E-state index is 0.663. The molecule has 3 aromatic heterocycles. The zero-order chi connectivity index (χ0) is 29.0. The fraction of sp³-hybridized carbons (Fsp3) is 0. The number of hydrogen-bond donors (Lipinski definition) is 0. The number of furan rings is 1. The highest BCUT2D eigenvalue weighted by molar-refractivity contribution is 7.26. The third-order valence-corrected chi connectivity index (χ3v) is 9.35. The number of rotatable bonds is 4. The van der Waals surface area contributed by atoms with E-state index in [9.17, 15) is 0 Å². The van der Waals surface area contributed by atoms with Crippen LogP contribution in [-0.2, 0) is 0 Å². The Labute approximate surface area is 256 Å². The molecular formula is C39H23N3OS. The van der Waals surface area contributed by atoms with Crippen LogP contribution in [0.15, 0.2) is 144 Å². The molecule has 0 saturated carbocycles. The molecule has 0 aliphatic rings. The fourth-order valence-electron chi connectivity index (χ4n) is 5.99. The maximum Gasteiger partial charge on any atom is 0.165 e. The molecule has 5 heteroatoms. The van der Waals surface area contributed by atoms with Crippen LogP contribution < -0.4 is 0 Å². The summed E-state index contributed by atoms with van der Waals surface area (Å²) in [6, 6.07) is 48.0. The van der Waals surface area contributed by atoms with Gasteiger partial charge in [-0.25, -0.2) is 15.0 Å². The molecule has 0 saturated heterocycles. The Kier molecular flexibility index (Phi) is 5.64. The van der Waals surface area contributed by atoms with Crippen molar-refractivity contribution in [2.75, 3.05) is 0 Å². The highest BCUT2D eigenvalue weighted by atomic mass is 32.1. The first-order valence-electron chi connectivity index (χ1n) is 14.5. The van der Waals surface area contributed by atoms with Crippen LogP contribution in [0.1, 0.15) is 0 Å². The van der Waals surface area contributed by atoms with Crippen LogP contribution in [0.5, 0.6) is 0 Å². The minimum absolute atomic E-state index is 0.663. The lowest BCUT2D eigenvalue weighted by Gasteiger charge is -2.09. The first-order chi connectivity index (χ1) is 21.8. The molecular weight excluding hydrogens is 559 g/mol. The first kappa shape index (κ1) is 24.9. The van der Waals surface area contributed by atoms with Gasteiger partial charge in [-0.15, -0.1) is 11.3 Å². The van der Waals surface area contributed by atoms with Crippen molar-refractivity contribution in [2.24, 2.45) is 0 Å². The van der Waals surface area contributed by atoms with Gasteiger partial charge in [-0.3, -0.25) is 0 Å². The molecule has 3 heterocycles. The van der Waals surface area contributed by atoms with Gasteiger partial charge in [0, 0.05) is 47.6 Å². The predicted octanol–water partition coefficient (Wildman–Crippen LogP) is 10.8. The van der Waals surface area contributed by atoms with E-state index in [1.54, 1.807) is 11.3 Å². The number of aromatic nitrogens is 3. The molecule has 0 amide bonds. The molecule has 0 fully saturated rings. The van der Waals surface area contributed by atoms with Crippen molar-refractivity contribution >= 4 is 53.4 Å². The zero-order valence-corrected chi connectivity index (χ0v) is 24.3. The van der Waals surface area contributed by atoms with E-state index < -0.39 is 0 Å². The zero-order valence-electron chi connectivity index (χ0n) is 23.4. The number of para-hydroxylation sites is 1. The molecule has 0 N–H and O–H groups in total. The van der Waals surface area contributed by atoms with Gasteiger partial charge in [-0.1, -0.05) is 109 Å². The quantitative estimate of drug-likeness (QED) is 0.207. The minimum Gasteiger partial charge on any atom is -0.456 e. The van der Waals surface area contributed by atoms with Gasteiger partial charge < -0.3 is 4.42 Å². The highest BCUT2D eigenvalue weighted by Gasteiger charge is 2.17. The van der Waals surface area contributed by atoms with Crippen molar-refractivity contribution in [3.8, 4) is 45.3 Å². The second kappa shape index (κ2) is 9.97. The van der Waals surface area contributed by atoms with Gasteiger partial charge in [0.1, 0.15) is 11.2 Å². The number of nitrogens with zero attached hydrogens (tertiary/aromatic N) is 3. The van der Waals surface area contributed by atoms with E-state index >= 15 is 0 Å². The number of hydrogen-bond acceptors (Lipinski definition) is 5. The lowest BCUT2D eigenvalue weighted by atomic mass is 10.0. The third-order valence-electron chi connectivity index (χ3n) is 8.15. The van der Waals surface area contributed by atoms with Crippen LogP contribution in [0.25, 0.3) is 87.4 Å². The third kappa shape index (κ3) is 4.09. The van der Waals surface area contributed by atoms with Gasteiger partial charge in [0.05, 0.1) is 0 Å². The SMILES string of the molecule is c1ccc(-c2nc(-c3ccccc3)nc(-c3cccc4c3sc3cc(-c5ccc6c(c5)oc5ccccc56)ccc34)n2)cc1. The summed E-state index contributed by atoms with van der Waals surface area (Å²) in [4.78, 5) is 14.9. The summed E-state index contributed by atoms with van der Waals surface area (Å²) >= 11 is 1.78. The summed E-state index contributed by atoms with van der Waals surface area (Å²) in [5.74, 6) is 2.00. The standard InChI is InChI=1S/C39H23N3OS/c1-3-10-24(11-4-1)37-40-38(25-12-5-2-6-13-25)42-39(41-37)32-16-9-15-31-30-21-19-27(23-35(30)44-36(31)32)26-18-20-29-28-14-7-8-17-33(28)43-34(29)22-26/h1-23H. The van der Waals surface area contributed by atoms with Gasteiger partial charge >= 0.3 is 0 Å². The van der Waals surface area contributed by atoms with E-state index in [0.717, 1.165) is 54.5 Å². The van der Waals surface area contributed by atoms with Crippen molar-refractivity contribution in [3.05, 3.63) is 140 Å². The lowest BCUT2D eigenvalue weighted by molar-refractivity contribution is 0.669. The largest absolute Gasteiger partial charge is 0.456 e. The van der Waals surface area contributed by atoms with E-state index in [1.807, 2.05) is 72.8 Å². The maximum atomic E-state index is 6.18. The monoisotopic (exact) mass is 581 g/mol. The molecule has 0 bridgehead atoms. The highest BCUT2D eigenvalue weighted by Crippen LogP contribution is 2.41. The van der Waals surface area contributed by atoms with Crippen molar-refractivity contribution in [1.82, 2.24) is 15.0 Å². The van der Waals surface area contributed by atoms with E-state index in [2.05, 4.69) is 66.7 Å². The summed E-state index contributed by atoms with van der Waals surface area (Å²) in [6.45, 7) is 0. The summed E-state index contributed by atoms with van der Waals surface area (Å²) < 4.78 is 8.56. The fourth-order valence-corrected chi connectivity index (χ4v) is 7.24. The summed E-state index contributed by atoms with van der Waals surface area (Å²) in [7, 11) is 0. The van der Waals surface area contributed by atoms with Crippen LogP contribution in [-0.4, -0.2) is 15.0 Å². The van der Waals surface area contributed by atoms with Crippen LogP contribution >= 0.6 is 11.3 Å². The second-order valence-corrected chi connectivity index (χ2v) is 11.9. The molecule has 0 radical (unpaired) electrons. The summed E-state index contributed by atoms with van der Waals surface area (Å²) in [6.07, 6.45) is 0. The van der Waals surface area contributed by atoms with Crippen molar-refractivity contribution in [1.29, 1.82) is 0 Å². The van der Waals surface area contributed by atoms with Gasteiger partial charge in [0.25, 0.3) is 0 Å². The molecule has 0 aliphatic carbocycles. The molecule has 44 heavy (non-hydrogen) atoms. The van der Waals surface area contributed by atoms with E-state index in [-0.39, 0.29) is 0 Å². The molecule has 0 spiro atoms. The number of thiophene rings is 1. The summed E-state index contributed by atoms with van der Waals surface area (Å²) in [5.41, 5.74) is 7.04. The number of fused-ring (bicyclic) bond motifs is 6. The van der Waals surface area contributed by atoms with E-state index in [0.29, 0.717) is 17.5 Å². The van der Waals surface area contributed by atoms with Crippen molar-refractivity contribution < 1.29 is 4.42 Å². The Bertz CT molecular complexity index is 2440. The van der Waals surface area contributed by atoms with E-state index in [1.165, 1.54) is 15.5 Å². The van der Waals surface area contributed by atoms with Crippen LogP contribution in [0.4, 0.5) is 0 Å². The van der Waals surface area contributed by atoms with Crippen molar-refractivity contribution in [2.45, 2.75) is 0 Å². The average molecular weight is 582 g/mol. The lowest BCUT2D eigenvalue weighted by Crippen LogP contribution is -2.00. The van der Waals surface area contributed by atoms with Crippen LogP contribution in [0.3, 0.4) is 0 Å². The Morgan fingerprint density at radius 1 is 0.409 bits per heavy atom. The van der Waals surface area contributed by atoms with Gasteiger partial charge in [-0.2, -0.15) is 0 Å². The van der Waals surface area contributed by atoms with Gasteiger partial charge in [-0.05, 0) is 41.5 Å². The molecule has 9 rings (SSSR count). The molecule has 0 atom stereocenters. The second-order valence-electron chi connectivity index (χ2n) is 10.8. The van der Waals surface area contributed by atoms with Gasteiger partial charge in [0.2, 0.25) is 0 Å². The maximum absolute atomic E-state index is 6.18. The topological polar surface area (TPSA) is 51.8 Å². The predicted molar refractivity (Wildman–Crippen MR) is 182 cm³/mol. The number of benzene rings is 6. The molecule has 4 nitrogen and oxygen atoms in total. The molecule has 0 aliphatic heterocycles. The van der Waals surface area contributed by atoms with Crippen LogP contribution in [0, 0.1) is 0 Å². The van der Waals surface area contributed by atoms with Crippen LogP contribution in [0.2, 0.25) is 0 Å². The average Bonchev–Trinajstić information content (AvgIpc) is 3.66. The Morgan fingerprint density at radius 2 is 1.00 bits per heavy atom. The molecule has 0 unspecified atom stereocenters. The Balaban J connectivity index is 1.20. The van der Waals surface area contributed by atoms with E-state index in [4.69, 9.17) is 19.4 Å². The first-order valence-corrected chi connectivity index (χ1v) is 15.3. The molecule has 6 aromatic carbocycles. The molecule has 206 valence electrons.